The minimum Gasteiger partial charge on any atom is -0.352 e. The monoisotopic (exact) mass is 298 g/mol. The van der Waals surface area contributed by atoms with Crippen LogP contribution in [0.25, 0.3) is 10.9 Å². The lowest BCUT2D eigenvalue weighted by atomic mass is 10.2. The summed E-state index contributed by atoms with van der Waals surface area (Å²) >= 11 is 1.54. The fourth-order valence-corrected chi connectivity index (χ4v) is 3.22. The number of carbonyl (C=O) groups excluding carboxylic acids is 1. The van der Waals surface area contributed by atoms with Gasteiger partial charge in [0.25, 0.3) is 5.91 Å². The lowest BCUT2D eigenvalue weighted by Crippen LogP contribution is -2.24. The first-order valence-electron chi connectivity index (χ1n) is 7.11. The molecular weight excluding hydrogens is 280 g/mol. The summed E-state index contributed by atoms with van der Waals surface area (Å²) in [7, 11) is 0. The number of nitrogens with one attached hydrogen (secondary N) is 1. The molecule has 1 aromatic carbocycles. The first-order valence-corrected chi connectivity index (χ1v) is 8.05. The Kier molecular flexibility index (Phi) is 4.06. The van der Waals surface area contributed by atoms with E-state index >= 15 is 0 Å². The van der Waals surface area contributed by atoms with Gasteiger partial charge in [-0.2, -0.15) is 11.3 Å². The van der Waals surface area contributed by atoms with Crippen LogP contribution in [0.3, 0.4) is 0 Å². The molecule has 0 unspecified atom stereocenters. The molecular formula is C17H18N2OS. The minimum absolute atomic E-state index is 0.0188. The fraction of sp³-hybridized carbons (Fsp3) is 0.235. The van der Waals surface area contributed by atoms with Crippen molar-refractivity contribution in [3.8, 4) is 0 Å². The number of benzene rings is 1. The highest BCUT2D eigenvalue weighted by atomic mass is 32.1. The topological polar surface area (TPSA) is 34.0 Å². The standard InChI is InChI=1S/C17H18N2OS/c1-13-11-14-5-2-3-6-16(14)19(13)9-4-8-18-17(20)15-7-10-21-12-15/h2-3,5-7,10-12H,4,8-9H2,1H3,(H,18,20). The Morgan fingerprint density at radius 1 is 1.29 bits per heavy atom. The van der Waals surface area contributed by atoms with Crippen LogP contribution in [0.1, 0.15) is 22.5 Å². The number of thiophene rings is 1. The molecule has 0 saturated heterocycles. The van der Waals surface area contributed by atoms with Crippen molar-refractivity contribution < 1.29 is 4.79 Å². The van der Waals surface area contributed by atoms with Crippen molar-refractivity contribution in [1.82, 2.24) is 9.88 Å². The number of para-hydroxylation sites is 1. The van der Waals surface area contributed by atoms with Crippen LogP contribution >= 0.6 is 11.3 Å². The van der Waals surface area contributed by atoms with Crippen molar-refractivity contribution >= 4 is 28.1 Å². The van der Waals surface area contributed by atoms with Crippen molar-refractivity contribution in [3.63, 3.8) is 0 Å². The quantitative estimate of drug-likeness (QED) is 0.714. The summed E-state index contributed by atoms with van der Waals surface area (Å²) in [5.41, 5.74) is 3.28. The van der Waals surface area contributed by atoms with Crippen molar-refractivity contribution in [2.24, 2.45) is 0 Å². The van der Waals surface area contributed by atoms with Crippen LogP contribution in [0.15, 0.2) is 47.2 Å². The molecule has 0 radical (unpaired) electrons. The van der Waals surface area contributed by atoms with Crippen LogP contribution in [0.5, 0.6) is 0 Å². The Bertz CT molecular complexity index is 743. The van der Waals surface area contributed by atoms with Gasteiger partial charge in [-0.3, -0.25) is 4.79 Å². The normalized spacial score (nSPS) is 10.9. The van der Waals surface area contributed by atoms with Gasteiger partial charge in [0, 0.05) is 35.2 Å². The van der Waals surface area contributed by atoms with Crippen LogP contribution < -0.4 is 5.32 Å². The highest BCUT2D eigenvalue weighted by Gasteiger charge is 2.06. The van der Waals surface area contributed by atoms with Gasteiger partial charge in [0.05, 0.1) is 0 Å². The Morgan fingerprint density at radius 3 is 2.95 bits per heavy atom. The Hall–Kier alpha value is -2.07. The maximum Gasteiger partial charge on any atom is 0.252 e. The number of amides is 1. The van der Waals surface area contributed by atoms with Crippen LogP contribution in [-0.2, 0) is 6.54 Å². The molecule has 3 nitrogen and oxygen atoms in total. The van der Waals surface area contributed by atoms with Crippen molar-refractivity contribution in [2.75, 3.05) is 6.54 Å². The van der Waals surface area contributed by atoms with Gasteiger partial charge in [-0.15, -0.1) is 0 Å². The predicted molar refractivity (Wildman–Crippen MR) is 87.9 cm³/mol. The molecule has 0 fully saturated rings. The fourth-order valence-electron chi connectivity index (χ4n) is 2.58. The lowest BCUT2D eigenvalue weighted by Gasteiger charge is -2.09. The molecule has 21 heavy (non-hydrogen) atoms. The van der Waals surface area contributed by atoms with Crippen molar-refractivity contribution in [3.05, 3.63) is 58.4 Å². The lowest BCUT2D eigenvalue weighted by molar-refractivity contribution is 0.0953. The van der Waals surface area contributed by atoms with Crippen LogP contribution in [0.2, 0.25) is 0 Å². The van der Waals surface area contributed by atoms with Crippen LogP contribution in [0, 0.1) is 6.92 Å². The van der Waals surface area contributed by atoms with E-state index in [2.05, 4.69) is 47.1 Å². The van der Waals surface area contributed by atoms with E-state index in [1.807, 2.05) is 16.8 Å². The zero-order valence-corrected chi connectivity index (χ0v) is 12.8. The molecule has 3 aromatic rings. The van der Waals surface area contributed by atoms with E-state index in [0.29, 0.717) is 6.54 Å². The zero-order valence-electron chi connectivity index (χ0n) is 12.0. The number of hydrogen-bond donors (Lipinski definition) is 1. The number of hydrogen-bond acceptors (Lipinski definition) is 2. The van der Waals surface area contributed by atoms with Crippen LogP contribution in [0.4, 0.5) is 0 Å². The number of aromatic nitrogens is 1. The summed E-state index contributed by atoms with van der Waals surface area (Å²) < 4.78 is 2.31. The molecule has 1 amide bonds. The average molecular weight is 298 g/mol. The maximum atomic E-state index is 11.8. The van der Waals surface area contributed by atoms with E-state index in [0.717, 1.165) is 18.5 Å². The Morgan fingerprint density at radius 2 is 2.14 bits per heavy atom. The van der Waals surface area contributed by atoms with E-state index in [9.17, 15) is 4.79 Å². The predicted octanol–water partition coefficient (Wildman–Crippen LogP) is 3.83. The molecule has 0 spiro atoms. The Balaban J connectivity index is 1.57. The highest BCUT2D eigenvalue weighted by Crippen LogP contribution is 2.19. The van der Waals surface area contributed by atoms with Crippen molar-refractivity contribution in [1.29, 1.82) is 0 Å². The number of nitrogens with zero attached hydrogens (tertiary/aromatic N) is 1. The molecule has 4 heteroatoms. The van der Waals surface area contributed by atoms with E-state index in [4.69, 9.17) is 0 Å². The molecule has 1 N–H and O–H groups in total. The smallest absolute Gasteiger partial charge is 0.252 e. The van der Waals surface area contributed by atoms with Gasteiger partial charge in [-0.1, -0.05) is 18.2 Å². The number of aryl methyl sites for hydroxylation is 2. The molecule has 0 saturated carbocycles. The highest BCUT2D eigenvalue weighted by molar-refractivity contribution is 7.08. The second-order valence-corrected chi connectivity index (χ2v) is 5.90. The first-order chi connectivity index (χ1) is 10.3. The van der Waals surface area contributed by atoms with E-state index in [1.54, 1.807) is 11.3 Å². The third-order valence-electron chi connectivity index (χ3n) is 3.65. The van der Waals surface area contributed by atoms with Gasteiger partial charge in [-0.05, 0) is 42.3 Å². The SMILES string of the molecule is Cc1cc2ccccc2n1CCCNC(=O)c1ccsc1. The van der Waals surface area contributed by atoms with E-state index in [-0.39, 0.29) is 5.91 Å². The third kappa shape index (κ3) is 3.00. The molecule has 0 aliphatic rings. The van der Waals surface area contributed by atoms with Gasteiger partial charge in [-0.25, -0.2) is 0 Å². The molecule has 0 aliphatic heterocycles. The molecule has 108 valence electrons. The molecule has 2 heterocycles. The Labute approximate surface area is 128 Å². The maximum absolute atomic E-state index is 11.8. The molecule has 3 rings (SSSR count). The summed E-state index contributed by atoms with van der Waals surface area (Å²) in [5.74, 6) is 0.0188. The van der Waals surface area contributed by atoms with Gasteiger partial charge in [0.1, 0.15) is 0 Å². The number of fused-ring (bicyclic) bond motifs is 1. The summed E-state index contributed by atoms with van der Waals surface area (Å²) in [6.45, 7) is 3.74. The average Bonchev–Trinajstić information content (AvgIpc) is 3.11. The van der Waals surface area contributed by atoms with Gasteiger partial charge < -0.3 is 9.88 Å². The summed E-state index contributed by atoms with van der Waals surface area (Å²) in [6, 6.07) is 12.5. The summed E-state index contributed by atoms with van der Waals surface area (Å²) in [5, 5.41) is 8.04. The first kappa shape index (κ1) is 13.9. The third-order valence-corrected chi connectivity index (χ3v) is 4.33. The van der Waals surface area contributed by atoms with E-state index < -0.39 is 0 Å². The van der Waals surface area contributed by atoms with Gasteiger partial charge >= 0.3 is 0 Å². The second-order valence-electron chi connectivity index (χ2n) is 5.12. The molecule has 0 bridgehead atoms. The largest absolute Gasteiger partial charge is 0.352 e. The second kappa shape index (κ2) is 6.14. The molecule has 2 aromatic heterocycles. The number of carbonyl (C=O) groups is 1. The molecule has 0 aliphatic carbocycles. The zero-order chi connectivity index (χ0) is 14.7. The summed E-state index contributed by atoms with van der Waals surface area (Å²) in [6.07, 6.45) is 0.926. The van der Waals surface area contributed by atoms with E-state index in [1.165, 1.54) is 16.6 Å². The van der Waals surface area contributed by atoms with Crippen LogP contribution in [-0.4, -0.2) is 17.0 Å². The van der Waals surface area contributed by atoms with Gasteiger partial charge in [0.2, 0.25) is 0 Å². The van der Waals surface area contributed by atoms with Crippen molar-refractivity contribution in [2.45, 2.75) is 19.9 Å². The molecule has 0 atom stereocenters. The summed E-state index contributed by atoms with van der Waals surface area (Å²) in [4.78, 5) is 11.8. The number of rotatable bonds is 5. The van der Waals surface area contributed by atoms with Gasteiger partial charge in [0.15, 0.2) is 0 Å². The minimum atomic E-state index is 0.0188.